The third-order valence-electron chi connectivity index (χ3n) is 2.54. The first-order valence-corrected chi connectivity index (χ1v) is 5.71. The summed E-state index contributed by atoms with van der Waals surface area (Å²) in [7, 11) is 0. The minimum atomic E-state index is 0.0948. The van der Waals surface area contributed by atoms with E-state index < -0.39 is 0 Å². The molecule has 0 amide bonds. The number of aromatic nitrogens is 1. The van der Waals surface area contributed by atoms with E-state index in [0.29, 0.717) is 17.1 Å². The molecular weight excluding hydrogens is 258 g/mol. The third-order valence-corrected chi connectivity index (χ3v) is 2.54. The number of nitrogens with two attached hydrogens (primary N) is 2. The minimum absolute atomic E-state index is 0.0948. The second-order valence-electron chi connectivity index (χ2n) is 3.83. The molecule has 5 N–H and O–H groups in total. The van der Waals surface area contributed by atoms with Gasteiger partial charge in [-0.05, 0) is 12.1 Å². The van der Waals surface area contributed by atoms with E-state index in [-0.39, 0.29) is 18.0 Å². The topological polar surface area (TPSA) is 123 Å². The Morgan fingerprint density at radius 2 is 2.35 bits per heavy atom. The quantitative estimate of drug-likeness (QED) is 0.418. The van der Waals surface area contributed by atoms with E-state index in [1.807, 2.05) is 6.07 Å². The summed E-state index contributed by atoms with van der Waals surface area (Å²) >= 11 is 0. The van der Waals surface area contributed by atoms with Crippen molar-refractivity contribution in [3.05, 3.63) is 53.9 Å². The number of nitrogens with zero attached hydrogens (tertiary/aromatic N) is 2. The average Bonchev–Trinajstić information content (AvgIpc) is 3.00. The number of nitriles is 1. The van der Waals surface area contributed by atoms with Crippen LogP contribution >= 0.6 is 0 Å². The van der Waals surface area contributed by atoms with Crippen LogP contribution in [0, 0.1) is 11.3 Å². The number of rotatable bonds is 5. The van der Waals surface area contributed by atoms with Gasteiger partial charge in [0.15, 0.2) is 17.9 Å². The number of allylic oxidation sites excluding steroid dienone is 1. The molecule has 2 aromatic rings. The van der Waals surface area contributed by atoms with Gasteiger partial charge in [0.05, 0.1) is 11.9 Å². The molecule has 0 fully saturated rings. The van der Waals surface area contributed by atoms with Crippen molar-refractivity contribution in [1.29, 1.82) is 5.26 Å². The maximum Gasteiger partial charge on any atom is 0.181 e. The smallest absolute Gasteiger partial charge is 0.181 e. The van der Waals surface area contributed by atoms with E-state index in [2.05, 4.69) is 10.4 Å². The second kappa shape index (κ2) is 6.26. The molecule has 0 unspecified atom stereocenters. The lowest BCUT2D eigenvalue weighted by Gasteiger charge is -2.08. The molecule has 0 spiro atoms. The van der Waals surface area contributed by atoms with Crippen molar-refractivity contribution in [1.82, 2.24) is 10.4 Å². The fourth-order valence-electron chi connectivity index (χ4n) is 1.54. The van der Waals surface area contributed by atoms with E-state index in [9.17, 15) is 0 Å². The second-order valence-corrected chi connectivity index (χ2v) is 3.83. The number of hydrazine groups is 1. The van der Waals surface area contributed by atoms with Crippen molar-refractivity contribution in [2.75, 3.05) is 0 Å². The molecule has 7 heteroatoms. The normalized spacial score (nSPS) is 11.4. The van der Waals surface area contributed by atoms with Gasteiger partial charge in [-0.3, -0.25) is 0 Å². The molecule has 1 heterocycles. The fourth-order valence-corrected chi connectivity index (χ4v) is 1.54. The molecule has 0 saturated heterocycles. The van der Waals surface area contributed by atoms with Crippen molar-refractivity contribution in [3.8, 4) is 11.8 Å². The Labute approximate surface area is 115 Å². The van der Waals surface area contributed by atoms with E-state index in [0.717, 1.165) is 0 Å². The Morgan fingerprint density at radius 1 is 1.50 bits per heavy atom. The lowest BCUT2D eigenvalue weighted by atomic mass is 10.1. The van der Waals surface area contributed by atoms with E-state index >= 15 is 0 Å². The number of hydrogen-bond donors (Lipinski definition) is 3. The molecular formula is C13H13N5O2. The predicted octanol–water partition coefficient (Wildman–Crippen LogP) is 0.868. The molecule has 0 bridgehead atoms. The zero-order chi connectivity index (χ0) is 14.4. The largest absolute Gasteiger partial charge is 0.486 e. The Balaban J connectivity index is 2.16. The molecule has 102 valence electrons. The lowest BCUT2D eigenvalue weighted by Crippen LogP contribution is -2.23. The zero-order valence-corrected chi connectivity index (χ0v) is 10.5. The van der Waals surface area contributed by atoms with Crippen molar-refractivity contribution in [2.24, 2.45) is 11.6 Å². The van der Waals surface area contributed by atoms with Crippen molar-refractivity contribution < 1.29 is 9.15 Å². The number of oxazole rings is 1. The van der Waals surface area contributed by atoms with Gasteiger partial charge in [0.2, 0.25) is 0 Å². The SMILES string of the molecule is N#C/C(NN)=C(/N)c1cccc(OCc2cnco2)c1. The Morgan fingerprint density at radius 3 is 3.00 bits per heavy atom. The lowest BCUT2D eigenvalue weighted by molar-refractivity contribution is 0.270. The highest BCUT2D eigenvalue weighted by Crippen LogP contribution is 2.19. The van der Waals surface area contributed by atoms with Gasteiger partial charge in [-0.1, -0.05) is 12.1 Å². The van der Waals surface area contributed by atoms with Gasteiger partial charge in [0.25, 0.3) is 0 Å². The first-order valence-electron chi connectivity index (χ1n) is 5.71. The maximum absolute atomic E-state index is 8.87. The van der Waals surface area contributed by atoms with Crippen molar-refractivity contribution in [3.63, 3.8) is 0 Å². The van der Waals surface area contributed by atoms with Crippen LogP contribution in [-0.4, -0.2) is 4.98 Å². The highest BCUT2D eigenvalue weighted by atomic mass is 16.5. The molecule has 0 radical (unpaired) electrons. The van der Waals surface area contributed by atoms with Crippen molar-refractivity contribution in [2.45, 2.75) is 6.61 Å². The van der Waals surface area contributed by atoms with E-state index in [1.54, 1.807) is 30.5 Å². The number of benzene rings is 1. The van der Waals surface area contributed by atoms with Crippen LogP contribution in [0.1, 0.15) is 11.3 Å². The molecule has 2 rings (SSSR count). The fraction of sp³-hybridized carbons (Fsp3) is 0.0769. The van der Waals surface area contributed by atoms with Gasteiger partial charge in [0, 0.05) is 5.56 Å². The Bertz CT molecular complexity index is 643. The molecule has 0 aliphatic carbocycles. The van der Waals surface area contributed by atoms with Gasteiger partial charge in [-0.15, -0.1) is 0 Å². The van der Waals surface area contributed by atoms with Gasteiger partial charge < -0.3 is 20.3 Å². The first-order chi connectivity index (χ1) is 9.74. The van der Waals surface area contributed by atoms with Crippen molar-refractivity contribution >= 4 is 5.70 Å². The van der Waals surface area contributed by atoms with Crippen LogP contribution in [0.5, 0.6) is 5.75 Å². The number of hydrogen-bond acceptors (Lipinski definition) is 7. The summed E-state index contributed by atoms with van der Waals surface area (Å²) in [5, 5.41) is 8.87. The monoisotopic (exact) mass is 271 g/mol. The Hall–Kier alpha value is -2.98. The summed E-state index contributed by atoms with van der Waals surface area (Å²) in [5.74, 6) is 6.43. The zero-order valence-electron chi connectivity index (χ0n) is 10.5. The highest BCUT2D eigenvalue weighted by Gasteiger charge is 2.06. The summed E-state index contributed by atoms with van der Waals surface area (Å²) in [4.78, 5) is 3.79. The minimum Gasteiger partial charge on any atom is -0.486 e. The van der Waals surface area contributed by atoms with Crippen LogP contribution < -0.4 is 21.7 Å². The highest BCUT2D eigenvalue weighted by molar-refractivity contribution is 5.69. The third kappa shape index (κ3) is 3.07. The van der Waals surface area contributed by atoms with Gasteiger partial charge in [-0.2, -0.15) is 5.26 Å². The van der Waals surface area contributed by atoms with Gasteiger partial charge in [-0.25, -0.2) is 10.8 Å². The number of ether oxygens (including phenoxy) is 1. The summed E-state index contributed by atoms with van der Waals surface area (Å²) in [6.07, 6.45) is 2.91. The van der Waals surface area contributed by atoms with Crippen LogP contribution in [0.25, 0.3) is 5.70 Å². The molecule has 0 aliphatic heterocycles. The molecule has 0 saturated carbocycles. The van der Waals surface area contributed by atoms with E-state index in [4.69, 9.17) is 26.0 Å². The average molecular weight is 271 g/mol. The van der Waals surface area contributed by atoms with Crippen LogP contribution in [0.3, 0.4) is 0 Å². The maximum atomic E-state index is 8.87. The van der Waals surface area contributed by atoms with Gasteiger partial charge in [0.1, 0.15) is 18.4 Å². The molecule has 20 heavy (non-hydrogen) atoms. The Kier molecular flexibility index (Phi) is 4.21. The number of nitrogens with one attached hydrogen (secondary N) is 1. The first kappa shape index (κ1) is 13.5. The van der Waals surface area contributed by atoms with Crippen LogP contribution in [0.2, 0.25) is 0 Å². The van der Waals surface area contributed by atoms with E-state index in [1.165, 1.54) is 6.39 Å². The standard InChI is InChI=1S/C13H13N5O2/c14-5-12(18-16)13(15)9-2-1-3-10(4-9)19-7-11-6-17-8-20-11/h1-4,6,8,18H,7,15-16H2/b13-12-. The molecule has 7 nitrogen and oxygen atoms in total. The van der Waals surface area contributed by atoms with Crippen LogP contribution in [0.4, 0.5) is 0 Å². The summed E-state index contributed by atoms with van der Waals surface area (Å²) < 4.78 is 10.6. The predicted molar refractivity (Wildman–Crippen MR) is 71.3 cm³/mol. The summed E-state index contributed by atoms with van der Waals surface area (Å²) in [5.41, 5.74) is 9.08. The summed E-state index contributed by atoms with van der Waals surface area (Å²) in [6, 6.07) is 8.88. The molecule has 1 aromatic carbocycles. The molecule has 0 aliphatic rings. The molecule has 1 aromatic heterocycles. The molecule has 0 atom stereocenters. The van der Waals surface area contributed by atoms with Crippen LogP contribution in [0.15, 0.2) is 47.0 Å². The summed E-state index contributed by atoms with van der Waals surface area (Å²) in [6.45, 7) is 0.257. The van der Waals surface area contributed by atoms with Crippen LogP contribution in [-0.2, 0) is 6.61 Å². The van der Waals surface area contributed by atoms with Gasteiger partial charge >= 0.3 is 0 Å².